The number of nitrogens with one attached hydrogen (secondary N) is 1. The van der Waals surface area contributed by atoms with Crippen LogP contribution in [0.2, 0.25) is 0 Å². The number of carbonyl (C=O) groups is 1. The fraction of sp³-hybridized carbons (Fsp3) is 0.467. The summed E-state index contributed by atoms with van der Waals surface area (Å²) in [4.78, 5) is 30.2. The van der Waals surface area contributed by atoms with Crippen molar-refractivity contribution in [3.63, 3.8) is 0 Å². The van der Waals surface area contributed by atoms with E-state index in [-0.39, 0.29) is 23.8 Å². The standard InChI is InChI=1S/C15H16N4O3/c1-9(20)22-12-4-2-11(3-5-12)19-14-13(18-15(19)21)6-10(7-16)8-17-14/h6,8,11-12H,2-5H2,1H3,(H,18,21). The lowest BCUT2D eigenvalue weighted by Crippen LogP contribution is -2.29. The summed E-state index contributed by atoms with van der Waals surface area (Å²) in [6.07, 6.45) is 4.39. The van der Waals surface area contributed by atoms with E-state index >= 15 is 0 Å². The first-order valence-electron chi connectivity index (χ1n) is 7.26. The zero-order chi connectivity index (χ0) is 15.7. The molecule has 1 aliphatic rings. The van der Waals surface area contributed by atoms with Gasteiger partial charge < -0.3 is 9.72 Å². The van der Waals surface area contributed by atoms with Gasteiger partial charge in [-0.15, -0.1) is 0 Å². The number of nitriles is 1. The maximum atomic E-state index is 12.2. The molecule has 114 valence electrons. The third kappa shape index (κ3) is 2.60. The van der Waals surface area contributed by atoms with Crippen LogP contribution in [0.1, 0.15) is 44.2 Å². The fourth-order valence-electron chi connectivity index (χ4n) is 3.07. The molecule has 0 spiro atoms. The largest absolute Gasteiger partial charge is 0.463 e. The van der Waals surface area contributed by atoms with Crippen molar-refractivity contribution in [2.75, 3.05) is 0 Å². The summed E-state index contributed by atoms with van der Waals surface area (Å²) >= 11 is 0. The SMILES string of the molecule is CC(=O)OC1CCC(n2c(=O)[nH]c3cc(C#N)cnc32)CC1. The highest BCUT2D eigenvalue weighted by Gasteiger charge is 2.26. The molecule has 0 aromatic carbocycles. The number of aromatic amines is 1. The van der Waals surface area contributed by atoms with Gasteiger partial charge in [-0.25, -0.2) is 9.78 Å². The number of pyridine rings is 1. The second-order valence-electron chi connectivity index (χ2n) is 5.55. The Morgan fingerprint density at radius 1 is 1.45 bits per heavy atom. The smallest absolute Gasteiger partial charge is 0.327 e. The van der Waals surface area contributed by atoms with E-state index in [1.165, 1.54) is 13.1 Å². The molecule has 1 saturated carbocycles. The molecule has 0 amide bonds. The molecular weight excluding hydrogens is 284 g/mol. The number of ether oxygens (including phenoxy) is 1. The van der Waals surface area contributed by atoms with E-state index in [0.717, 1.165) is 25.7 Å². The van der Waals surface area contributed by atoms with E-state index in [2.05, 4.69) is 9.97 Å². The molecule has 7 nitrogen and oxygen atoms in total. The van der Waals surface area contributed by atoms with Crippen LogP contribution in [0, 0.1) is 11.3 Å². The minimum atomic E-state index is -0.265. The summed E-state index contributed by atoms with van der Waals surface area (Å²) in [6, 6.07) is 3.67. The second kappa shape index (κ2) is 5.64. The van der Waals surface area contributed by atoms with Crippen molar-refractivity contribution >= 4 is 17.1 Å². The highest BCUT2D eigenvalue weighted by Crippen LogP contribution is 2.30. The Hall–Kier alpha value is -2.62. The first-order chi connectivity index (χ1) is 10.6. The van der Waals surface area contributed by atoms with Crippen molar-refractivity contribution in [3.8, 4) is 6.07 Å². The molecule has 0 radical (unpaired) electrons. The quantitative estimate of drug-likeness (QED) is 0.850. The lowest BCUT2D eigenvalue weighted by atomic mass is 9.93. The van der Waals surface area contributed by atoms with E-state index in [1.54, 1.807) is 10.6 Å². The molecule has 0 saturated heterocycles. The number of imidazole rings is 1. The highest BCUT2D eigenvalue weighted by atomic mass is 16.5. The summed E-state index contributed by atoms with van der Waals surface area (Å²) < 4.78 is 6.87. The summed E-state index contributed by atoms with van der Waals surface area (Å²) in [5.41, 5.74) is 1.35. The van der Waals surface area contributed by atoms with Gasteiger partial charge in [-0.3, -0.25) is 9.36 Å². The third-order valence-corrected chi connectivity index (χ3v) is 4.03. The van der Waals surface area contributed by atoms with Gasteiger partial charge in [0.2, 0.25) is 0 Å². The number of fused-ring (bicyclic) bond motifs is 1. The van der Waals surface area contributed by atoms with E-state index in [1.807, 2.05) is 6.07 Å². The Balaban J connectivity index is 1.86. The number of hydrogen-bond donors (Lipinski definition) is 1. The molecule has 2 heterocycles. The lowest BCUT2D eigenvalue weighted by Gasteiger charge is -2.28. The molecule has 0 aliphatic heterocycles. The van der Waals surface area contributed by atoms with Crippen LogP contribution in [0.15, 0.2) is 17.1 Å². The van der Waals surface area contributed by atoms with E-state index in [0.29, 0.717) is 16.7 Å². The number of hydrogen-bond acceptors (Lipinski definition) is 5. The molecule has 1 aliphatic carbocycles. The number of rotatable bonds is 2. The monoisotopic (exact) mass is 300 g/mol. The lowest BCUT2D eigenvalue weighted by molar-refractivity contribution is -0.148. The molecule has 3 rings (SSSR count). The van der Waals surface area contributed by atoms with Crippen molar-refractivity contribution < 1.29 is 9.53 Å². The molecule has 22 heavy (non-hydrogen) atoms. The van der Waals surface area contributed by atoms with Crippen molar-refractivity contribution in [1.29, 1.82) is 5.26 Å². The Morgan fingerprint density at radius 3 is 2.82 bits per heavy atom. The number of esters is 1. The number of aromatic nitrogens is 3. The Kier molecular flexibility index (Phi) is 3.67. The fourth-order valence-corrected chi connectivity index (χ4v) is 3.07. The van der Waals surface area contributed by atoms with Gasteiger partial charge in [0.1, 0.15) is 12.2 Å². The van der Waals surface area contributed by atoms with E-state index < -0.39 is 0 Å². The van der Waals surface area contributed by atoms with Gasteiger partial charge in [0.15, 0.2) is 5.65 Å². The topological polar surface area (TPSA) is 101 Å². The number of carbonyl (C=O) groups excluding carboxylic acids is 1. The van der Waals surface area contributed by atoms with Crippen LogP contribution in [0.5, 0.6) is 0 Å². The van der Waals surface area contributed by atoms with Crippen molar-refractivity contribution in [1.82, 2.24) is 14.5 Å². The van der Waals surface area contributed by atoms with Crippen LogP contribution in [-0.2, 0) is 9.53 Å². The maximum Gasteiger partial charge on any atom is 0.327 e. The molecule has 0 atom stereocenters. The zero-order valence-electron chi connectivity index (χ0n) is 12.2. The minimum absolute atomic E-state index is 0.0356. The predicted octanol–water partition coefficient (Wildman–Crippen LogP) is 1.64. The maximum absolute atomic E-state index is 12.2. The zero-order valence-corrected chi connectivity index (χ0v) is 12.2. The summed E-state index contributed by atoms with van der Waals surface area (Å²) in [5, 5.41) is 8.89. The van der Waals surface area contributed by atoms with Crippen LogP contribution in [0.4, 0.5) is 0 Å². The van der Waals surface area contributed by atoms with Gasteiger partial charge in [0.05, 0.1) is 11.1 Å². The highest BCUT2D eigenvalue weighted by molar-refractivity contribution is 5.72. The summed E-state index contributed by atoms with van der Waals surface area (Å²) in [6.45, 7) is 1.41. The third-order valence-electron chi connectivity index (χ3n) is 4.03. The van der Waals surface area contributed by atoms with E-state index in [9.17, 15) is 9.59 Å². The minimum Gasteiger partial charge on any atom is -0.463 e. The van der Waals surface area contributed by atoms with Crippen LogP contribution < -0.4 is 5.69 Å². The molecule has 0 bridgehead atoms. The number of H-pyrrole nitrogens is 1. The number of nitrogens with zero attached hydrogens (tertiary/aromatic N) is 3. The van der Waals surface area contributed by atoms with Gasteiger partial charge >= 0.3 is 11.7 Å². The Morgan fingerprint density at radius 2 is 2.18 bits per heavy atom. The Bertz CT molecular complexity index is 806. The van der Waals surface area contributed by atoms with Crippen molar-refractivity contribution in [3.05, 3.63) is 28.3 Å². The molecular formula is C15H16N4O3. The molecule has 2 aromatic heterocycles. The summed E-state index contributed by atoms with van der Waals surface area (Å²) in [7, 11) is 0. The molecule has 7 heteroatoms. The molecule has 1 fully saturated rings. The van der Waals surface area contributed by atoms with Gasteiger partial charge in [-0.1, -0.05) is 0 Å². The average Bonchev–Trinajstić information content (AvgIpc) is 2.82. The van der Waals surface area contributed by atoms with Crippen LogP contribution in [-0.4, -0.2) is 26.6 Å². The van der Waals surface area contributed by atoms with Crippen molar-refractivity contribution in [2.45, 2.75) is 44.8 Å². The van der Waals surface area contributed by atoms with Crippen LogP contribution >= 0.6 is 0 Å². The van der Waals surface area contributed by atoms with Crippen LogP contribution in [0.25, 0.3) is 11.2 Å². The second-order valence-corrected chi connectivity index (χ2v) is 5.55. The van der Waals surface area contributed by atoms with E-state index in [4.69, 9.17) is 10.00 Å². The normalized spacial score (nSPS) is 21.5. The van der Waals surface area contributed by atoms with Gasteiger partial charge in [-0.05, 0) is 31.7 Å². The predicted molar refractivity (Wildman–Crippen MR) is 78.1 cm³/mol. The molecule has 0 unspecified atom stereocenters. The molecule has 1 N–H and O–H groups in total. The Labute approximate surface area is 126 Å². The summed E-state index contributed by atoms with van der Waals surface area (Å²) in [5.74, 6) is -0.265. The first-order valence-corrected chi connectivity index (χ1v) is 7.26. The first kappa shape index (κ1) is 14.3. The molecule has 2 aromatic rings. The van der Waals surface area contributed by atoms with Gasteiger partial charge in [0.25, 0.3) is 0 Å². The van der Waals surface area contributed by atoms with Gasteiger partial charge in [-0.2, -0.15) is 5.26 Å². The van der Waals surface area contributed by atoms with Gasteiger partial charge in [0, 0.05) is 19.2 Å². The van der Waals surface area contributed by atoms with Crippen LogP contribution in [0.3, 0.4) is 0 Å². The average molecular weight is 300 g/mol. The van der Waals surface area contributed by atoms with Crippen molar-refractivity contribution in [2.24, 2.45) is 0 Å².